The molecule has 1 heterocycles. The normalized spacial score (nSPS) is 17.4. The maximum absolute atomic E-state index is 6.11. The number of halogens is 1. The molecule has 0 unspecified atom stereocenters. The van der Waals surface area contributed by atoms with Gasteiger partial charge in [-0.1, -0.05) is 42.8 Å². The van der Waals surface area contributed by atoms with Crippen LogP contribution in [0.15, 0.2) is 53.5 Å². The molecule has 0 spiro atoms. The van der Waals surface area contributed by atoms with Crippen molar-refractivity contribution in [2.75, 3.05) is 13.1 Å². The van der Waals surface area contributed by atoms with E-state index in [0.717, 1.165) is 36.7 Å². The lowest BCUT2D eigenvalue weighted by Crippen LogP contribution is -2.34. The highest BCUT2D eigenvalue weighted by Crippen LogP contribution is 2.24. The second-order valence-electron chi connectivity index (χ2n) is 7.29. The van der Waals surface area contributed by atoms with Crippen molar-refractivity contribution in [2.24, 2.45) is 10.8 Å². The van der Waals surface area contributed by atoms with Crippen LogP contribution in [0.1, 0.15) is 48.8 Å². The maximum atomic E-state index is 6.11. The first-order valence-electron chi connectivity index (χ1n) is 9.69. The molecule has 0 radical (unpaired) electrons. The molecule has 144 valence electrons. The van der Waals surface area contributed by atoms with Gasteiger partial charge >= 0.3 is 0 Å². The molecule has 2 N–H and O–H groups in total. The van der Waals surface area contributed by atoms with Crippen LogP contribution in [0.2, 0.25) is 0 Å². The predicted molar refractivity (Wildman–Crippen MR) is 113 cm³/mol. The van der Waals surface area contributed by atoms with Crippen molar-refractivity contribution in [3.05, 3.63) is 65.2 Å². The van der Waals surface area contributed by atoms with Crippen molar-refractivity contribution in [3.63, 3.8) is 0 Å². The molecule has 4 rings (SSSR count). The molecular formula is C22H28ClN3O. The molecule has 1 saturated carbocycles. The molecule has 0 amide bonds. The second kappa shape index (κ2) is 9.25. The molecule has 2 aliphatic rings. The minimum Gasteiger partial charge on any atom is -0.490 e. The van der Waals surface area contributed by atoms with Crippen LogP contribution in [-0.2, 0) is 6.42 Å². The highest BCUT2D eigenvalue weighted by Gasteiger charge is 2.15. The van der Waals surface area contributed by atoms with E-state index in [1.807, 2.05) is 0 Å². The third-order valence-electron chi connectivity index (χ3n) is 5.27. The van der Waals surface area contributed by atoms with Crippen molar-refractivity contribution in [1.82, 2.24) is 5.01 Å². The molecule has 0 saturated heterocycles. The fourth-order valence-electron chi connectivity index (χ4n) is 3.79. The Kier molecular flexibility index (Phi) is 6.75. The Balaban J connectivity index is 0.00000210. The fraction of sp³-hybridized carbons (Fsp3) is 0.409. The van der Waals surface area contributed by atoms with E-state index in [0.29, 0.717) is 6.10 Å². The third kappa shape index (κ3) is 5.02. The molecule has 2 aromatic rings. The van der Waals surface area contributed by atoms with Gasteiger partial charge in [0.1, 0.15) is 11.6 Å². The van der Waals surface area contributed by atoms with Crippen LogP contribution in [0.5, 0.6) is 5.75 Å². The van der Waals surface area contributed by atoms with Crippen molar-refractivity contribution in [2.45, 2.75) is 44.6 Å². The average Bonchev–Trinajstić information content (AvgIpc) is 3.11. The summed E-state index contributed by atoms with van der Waals surface area (Å²) in [4.78, 5) is 4.46. The number of amidine groups is 1. The fourth-order valence-corrected chi connectivity index (χ4v) is 3.79. The predicted octanol–water partition coefficient (Wildman–Crippen LogP) is 4.35. The average molecular weight is 386 g/mol. The van der Waals surface area contributed by atoms with Crippen LogP contribution in [0, 0.1) is 0 Å². The van der Waals surface area contributed by atoms with E-state index in [9.17, 15) is 0 Å². The minimum atomic E-state index is 0. The van der Waals surface area contributed by atoms with Gasteiger partial charge in [-0.2, -0.15) is 0 Å². The molecule has 4 nitrogen and oxygen atoms in total. The van der Waals surface area contributed by atoms with E-state index < -0.39 is 0 Å². The molecule has 27 heavy (non-hydrogen) atoms. The summed E-state index contributed by atoms with van der Waals surface area (Å²) in [5.41, 5.74) is 3.68. The standard InChI is InChI=1S/C22H27N3O.ClH/c23-25-15-14-24-22(25)19-10-6-17(7-11-19)16-18-8-12-21(13-9-18)26-20-4-2-1-3-5-20;/h6-13,20H,1-5,14-16,23H2;1H. The molecule has 2 aromatic carbocycles. The summed E-state index contributed by atoms with van der Waals surface area (Å²) in [6.45, 7) is 1.58. The minimum absolute atomic E-state index is 0. The summed E-state index contributed by atoms with van der Waals surface area (Å²) >= 11 is 0. The van der Waals surface area contributed by atoms with Crippen molar-refractivity contribution >= 4 is 18.2 Å². The second-order valence-corrected chi connectivity index (χ2v) is 7.29. The lowest BCUT2D eigenvalue weighted by molar-refractivity contribution is 0.155. The largest absolute Gasteiger partial charge is 0.490 e. The van der Waals surface area contributed by atoms with Crippen LogP contribution >= 0.6 is 12.4 Å². The number of hydrogen-bond acceptors (Lipinski definition) is 4. The van der Waals surface area contributed by atoms with Crippen LogP contribution in [0.3, 0.4) is 0 Å². The van der Waals surface area contributed by atoms with Crippen molar-refractivity contribution in [3.8, 4) is 5.75 Å². The first-order valence-corrected chi connectivity index (χ1v) is 9.69. The van der Waals surface area contributed by atoms with Gasteiger partial charge in [-0.05, 0) is 55.4 Å². The topological polar surface area (TPSA) is 50.8 Å². The zero-order valence-corrected chi connectivity index (χ0v) is 16.5. The summed E-state index contributed by atoms with van der Waals surface area (Å²) in [5, 5.41) is 1.72. The van der Waals surface area contributed by atoms with Crippen LogP contribution in [0.4, 0.5) is 0 Å². The summed E-state index contributed by atoms with van der Waals surface area (Å²) < 4.78 is 6.11. The number of benzene rings is 2. The number of hydrazine groups is 1. The Morgan fingerprint density at radius 2 is 1.56 bits per heavy atom. The molecule has 1 aliphatic heterocycles. The molecular weight excluding hydrogens is 358 g/mol. The molecule has 0 aromatic heterocycles. The van der Waals surface area contributed by atoms with Gasteiger partial charge < -0.3 is 4.74 Å². The number of nitrogens with zero attached hydrogens (tertiary/aromatic N) is 2. The van der Waals surface area contributed by atoms with Gasteiger partial charge in [0.25, 0.3) is 0 Å². The summed E-state index contributed by atoms with van der Waals surface area (Å²) in [6.07, 6.45) is 7.67. The molecule has 5 heteroatoms. The monoisotopic (exact) mass is 385 g/mol. The smallest absolute Gasteiger partial charge is 0.145 e. The summed E-state index contributed by atoms with van der Waals surface area (Å²) in [7, 11) is 0. The van der Waals surface area contributed by atoms with E-state index in [1.165, 1.54) is 43.2 Å². The van der Waals surface area contributed by atoms with Crippen LogP contribution in [0.25, 0.3) is 0 Å². The SMILES string of the molecule is Cl.NN1CCN=C1c1ccc(Cc2ccc(OC3CCCCC3)cc2)cc1. The van der Waals surface area contributed by atoms with Gasteiger partial charge in [-0.3, -0.25) is 10.0 Å². The number of aliphatic imine (C=N–C) groups is 1. The first kappa shape index (κ1) is 19.7. The van der Waals surface area contributed by atoms with E-state index in [2.05, 4.69) is 53.5 Å². The summed E-state index contributed by atoms with van der Waals surface area (Å²) in [5.74, 6) is 7.83. The van der Waals surface area contributed by atoms with Crippen molar-refractivity contribution in [1.29, 1.82) is 0 Å². The Bertz CT molecular complexity index is 752. The molecule has 0 bridgehead atoms. The van der Waals surface area contributed by atoms with E-state index in [4.69, 9.17) is 10.6 Å². The third-order valence-corrected chi connectivity index (χ3v) is 5.27. The van der Waals surface area contributed by atoms with Crippen molar-refractivity contribution < 1.29 is 4.74 Å². The van der Waals surface area contributed by atoms with Crippen LogP contribution < -0.4 is 10.6 Å². The Labute approximate surface area is 167 Å². The quantitative estimate of drug-likeness (QED) is 0.778. The maximum Gasteiger partial charge on any atom is 0.145 e. The van der Waals surface area contributed by atoms with E-state index >= 15 is 0 Å². The Morgan fingerprint density at radius 3 is 2.15 bits per heavy atom. The van der Waals surface area contributed by atoms with Gasteiger partial charge in [0.2, 0.25) is 0 Å². The zero-order valence-electron chi connectivity index (χ0n) is 15.6. The number of rotatable bonds is 5. The molecule has 0 atom stereocenters. The Morgan fingerprint density at radius 1 is 0.926 bits per heavy atom. The Hall–Kier alpha value is -2.04. The van der Waals surface area contributed by atoms with E-state index in [1.54, 1.807) is 5.01 Å². The van der Waals surface area contributed by atoms with Gasteiger partial charge in [0, 0.05) is 5.56 Å². The molecule has 1 fully saturated rings. The highest BCUT2D eigenvalue weighted by atomic mass is 35.5. The highest BCUT2D eigenvalue weighted by molar-refractivity contribution is 5.99. The lowest BCUT2D eigenvalue weighted by Gasteiger charge is -2.23. The van der Waals surface area contributed by atoms with Gasteiger partial charge in [0.15, 0.2) is 0 Å². The van der Waals surface area contributed by atoms with E-state index in [-0.39, 0.29) is 12.4 Å². The number of hydrogen-bond donors (Lipinski definition) is 1. The number of ether oxygens (including phenoxy) is 1. The number of nitrogens with two attached hydrogens (primary N) is 1. The summed E-state index contributed by atoms with van der Waals surface area (Å²) in [6, 6.07) is 17.1. The first-order chi connectivity index (χ1) is 12.8. The molecule has 1 aliphatic carbocycles. The zero-order chi connectivity index (χ0) is 17.8. The lowest BCUT2D eigenvalue weighted by atomic mass is 9.98. The van der Waals surface area contributed by atoms with Gasteiger partial charge in [-0.15, -0.1) is 12.4 Å². The van der Waals surface area contributed by atoms with Gasteiger partial charge in [0.05, 0.1) is 19.2 Å². The van der Waals surface area contributed by atoms with Gasteiger partial charge in [-0.25, -0.2) is 5.84 Å². The van der Waals surface area contributed by atoms with Crippen LogP contribution in [-0.4, -0.2) is 30.0 Å².